The lowest BCUT2D eigenvalue weighted by atomic mass is 9.46. The Morgan fingerprint density at radius 2 is 1.97 bits per heavy atom. The van der Waals surface area contributed by atoms with Crippen molar-refractivity contribution in [3.8, 4) is 0 Å². The molecule has 6 atom stereocenters. The Hall–Kier alpha value is -1.58. The third-order valence-corrected chi connectivity index (χ3v) is 9.56. The van der Waals surface area contributed by atoms with Gasteiger partial charge in [0.15, 0.2) is 5.78 Å². The van der Waals surface area contributed by atoms with Crippen LogP contribution >= 0.6 is 0 Å². The number of carbonyl (C=O) groups excluding carboxylic acids is 2. The van der Waals surface area contributed by atoms with Crippen molar-refractivity contribution in [2.75, 3.05) is 13.1 Å². The molecular formula is C26H39NO3. The topological polar surface area (TPSA) is 57.6 Å². The number of aliphatic hydroxyl groups excluding tert-OH is 1. The number of carbonyl (C=O) groups is 2. The van der Waals surface area contributed by atoms with Crippen molar-refractivity contribution >= 4 is 11.7 Å². The van der Waals surface area contributed by atoms with E-state index in [-0.39, 0.29) is 22.5 Å². The highest BCUT2D eigenvalue weighted by Gasteiger charge is 2.60. The molecule has 3 fully saturated rings. The van der Waals surface area contributed by atoms with Crippen LogP contribution in [0, 0.1) is 34.5 Å². The lowest BCUT2D eigenvalue weighted by molar-refractivity contribution is -0.142. The summed E-state index contributed by atoms with van der Waals surface area (Å²) in [5.41, 5.74) is 1.95. The fourth-order valence-electron chi connectivity index (χ4n) is 7.97. The fraction of sp³-hybridized carbons (Fsp3) is 0.769. The number of fused-ring (bicyclic) bond motifs is 5. The summed E-state index contributed by atoms with van der Waals surface area (Å²) in [4.78, 5) is 27.9. The average molecular weight is 414 g/mol. The van der Waals surface area contributed by atoms with E-state index in [1.165, 1.54) is 5.57 Å². The quantitative estimate of drug-likeness (QED) is 0.493. The summed E-state index contributed by atoms with van der Waals surface area (Å²) in [6.45, 7) is 10.7. The highest BCUT2D eigenvalue weighted by atomic mass is 16.2. The molecule has 4 aliphatic rings. The van der Waals surface area contributed by atoms with E-state index in [1.54, 1.807) is 0 Å². The van der Waals surface area contributed by atoms with E-state index in [0.29, 0.717) is 35.7 Å². The van der Waals surface area contributed by atoms with Crippen LogP contribution in [-0.4, -0.2) is 34.8 Å². The van der Waals surface area contributed by atoms with Gasteiger partial charge in [-0.25, -0.2) is 0 Å². The molecular weight excluding hydrogens is 374 g/mol. The van der Waals surface area contributed by atoms with E-state index in [0.717, 1.165) is 64.3 Å². The number of hydrogen-bond acceptors (Lipinski definition) is 3. The maximum Gasteiger partial charge on any atom is 0.226 e. The van der Waals surface area contributed by atoms with Gasteiger partial charge < -0.3 is 10.0 Å². The van der Waals surface area contributed by atoms with Crippen molar-refractivity contribution in [1.29, 1.82) is 0 Å². The summed E-state index contributed by atoms with van der Waals surface area (Å²) in [6.07, 6.45) is 11.1. The highest BCUT2D eigenvalue weighted by molar-refractivity contribution is 6.05. The molecule has 0 aliphatic heterocycles. The third kappa shape index (κ3) is 3.08. The van der Waals surface area contributed by atoms with E-state index in [2.05, 4.69) is 32.6 Å². The molecule has 0 radical (unpaired) electrons. The van der Waals surface area contributed by atoms with Crippen molar-refractivity contribution in [3.63, 3.8) is 0 Å². The molecule has 0 saturated heterocycles. The fourth-order valence-corrected chi connectivity index (χ4v) is 7.97. The van der Waals surface area contributed by atoms with Crippen LogP contribution in [0.3, 0.4) is 0 Å². The Bertz CT molecular complexity index is 783. The van der Waals surface area contributed by atoms with Crippen molar-refractivity contribution in [2.45, 2.75) is 79.1 Å². The Morgan fingerprint density at radius 1 is 1.20 bits per heavy atom. The molecule has 3 unspecified atom stereocenters. The van der Waals surface area contributed by atoms with Gasteiger partial charge in [-0.15, -0.1) is 0 Å². The Morgan fingerprint density at radius 3 is 2.63 bits per heavy atom. The van der Waals surface area contributed by atoms with Gasteiger partial charge in [0.05, 0.1) is 6.26 Å². The predicted octanol–water partition coefficient (Wildman–Crippen LogP) is 5.44. The van der Waals surface area contributed by atoms with Crippen molar-refractivity contribution in [3.05, 3.63) is 23.5 Å². The number of ketones is 1. The van der Waals surface area contributed by atoms with E-state index >= 15 is 0 Å². The first kappa shape index (κ1) is 21.6. The number of hydrogen-bond donors (Lipinski definition) is 1. The van der Waals surface area contributed by atoms with Crippen LogP contribution < -0.4 is 0 Å². The number of aliphatic hydroxyl groups is 1. The van der Waals surface area contributed by atoms with E-state index in [1.807, 2.05) is 6.08 Å². The molecule has 4 rings (SSSR count). The van der Waals surface area contributed by atoms with Gasteiger partial charge in [-0.2, -0.15) is 0 Å². The molecule has 0 aromatic rings. The smallest absolute Gasteiger partial charge is 0.226 e. The van der Waals surface area contributed by atoms with Crippen LogP contribution in [0.2, 0.25) is 0 Å². The van der Waals surface area contributed by atoms with E-state index in [9.17, 15) is 14.7 Å². The zero-order valence-electron chi connectivity index (χ0n) is 19.2. The van der Waals surface area contributed by atoms with Crippen LogP contribution in [0.25, 0.3) is 0 Å². The molecule has 30 heavy (non-hydrogen) atoms. The van der Waals surface area contributed by atoms with Gasteiger partial charge in [-0.05, 0) is 93.0 Å². The molecule has 0 spiro atoms. The molecule has 166 valence electrons. The zero-order valence-corrected chi connectivity index (χ0v) is 19.2. The minimum absolute atomic E-state index is 0.00817. The number of allylic oxidation sites excluding steroid dienone is 2. The molecule has 4 heteroatoms. The Labute approximate surface area is 181 Å². The molecule has 1 N–H and O–H groups in total. The summed E-state index contributed by atoms with van der Waals surface area (Å²) < 4.78 is 0. The lowest BCUT2D eigenvalue weighted by Gasteiger charge is -2.58. The average Bonchev–Trinajstić information content (AvgIpc) is 3.08. The Kier molecular flexibility index (Phi) is 5.65. The standard InChI is InChI=1S/C26H39NO3/c1-5-13-27(6-2)24(30)22-10-9-20-19-8-7-18-14-23(29)17(16-28)15-26(18,4)21(19)11-12-25(20,22)3/h14,16,19-22,28H,5-13,15H2,1-4H3/b17-16-/t19?,20?,21?,22-,25+,26+/m1/s1. The van der Waals surface area contributed by atoms with Gasteiger partial charge in [0.2, 0.25) is 5.91 Å². The Balaban J connectivity index is 1.60. The first-order valence-corrected chi connectivity index (χ1v) is 12.2. The van der Waals surface area contributed by atoms with E-state index in [4.69, 9.17) is 0 Å². The number of nitrogens with zero attached hydrogens (tertiary/aromatic N) is 1. The summed E-state index contributed by atoms with van der Waals surface area (Å²) >= 11 is 0. The molecule has 1 amide bonds. The minimum Gasteiger partial charge on any atom is -0.515 e. The van der Waals surface area contributed by atoms with Crippen molar-refractivity contribution in [2.24, 2.45) is 34.5 Å². The van der Waals surface area contributed by atoms with Gasteiger partial charge in [-0.1, -0.05) is 26.3 Å². The van der Waals surface area contributed by atoms with E-state index < -0.39 is 0 Å². The zero-order chi connectivity index (χ0) is 21.7. The first-order chi connectivity index (χ1) is 14.3. The molecule has 3 saturated carbocycles. The normalized spacial score (nSPS) is 41.7. The van der Waals surface area contributed by atoms with Gasteiger partial charge in [0.25, 0.3) is 0 Å². The molecule has 0 heterocycles. The van der Waals surface area contributed by atoms with Crippen LogP contribution in [0.1, 0.15) is 79.1 Å². The molecule has 0 aromatic carbocycles. The van der Waals surface area contributed by atoms with Crippen LogP contribution in [0.15, 0.2) is 23.5 Å². The summed E-state index contributed by atoms with van der Waals surface area (Å²) in [7, 11) is 0. The van der Waals surface area contributed by atoms with Gasteiger partial charge >= 0.3 is 0 Å². The second-order valence-corrected chi connectivity index (χ2v) is 10.8. The third-order valence-electron chi connectivity index (χ3n) is 9.56. The maximum absolute atomic E-state index is 13.4. The van der Waals surface area contributed by atoms with Crippen molar-refractivity contribution in [1.82, 2.24) is 4.90 Å². The molecule has 4 aliphatic carbocycles. The summed E-state index contributed by atoms with van der Waals surface area (Å²) in [5.74, 6) is 2.32. The minimum atomic E-state index is -0.0213. The van der Waals surface area contributed by atoms with Gasteiger partial charge in [0, 0.05) is 24.6 Å². The monoisotopic (exact) mass is 413 g/mol. The summed E-state index contributed by atoms with van der Waals surface area (Å²) in [5, 5.41) is 9.61. The predicted molar refractivity (Wildman–Crippen MR) is 119 cm³/mol. The van der Waals surface area contributed by atoms with Crippen molar-refractivity contribution < 1.29 is 14.7 Å². The maximum atomic E-state index is 13.4. The van der Waals surface area contributed by atoms with Crippen LogP contribution in [-0.2, 0) is 9.59 Å². The molecule has 0 bridgehead atoms. The van der Waals surface area contributed by atoms with Crippen LogP contribution in [0.4, 0.5) is 0 Å². The molecule has 4 nitrogen and oxygen atoms in total. The lowest BCUT2D eigenvalue weighted by Crippen LogP contribution is -2.52. The van der Waals surface area contributed by atoms with Crippen LogP contribution in [0.5, 0.6) is 0 Å². The largest absolute Gasteiger partial charge is 0.515 e. The molecule has 0 aromatic heterocycles. The number of amides is 1. The highest BCUT2D eigenvalue weighted by Crippen LogP contribution is 2.67. The first-order valence-electron chi connectivity index (χ1n) is 12.2. The second-order valence-electron chi connectivity index (χ2n) is 10.8. The van der Waals surface area contributed by atoms with Gasteiger partial charge in [0.1, 0.15) is 0 Å². The SMILES string of the molecule is CCCN(CC)C(=O)[C@H]1CCC2C3CCC4=CC(=O)/C(=C\O)C[C@]4(C)C3CC[C@@]21C. The number of rotatable bonds is 4. The second kappa shape index (κ2) is 7.84. The van der Waals surface area contributed by atoms with Gasteiger partial charge in [-0.3, -0.25) is 9.59 Å². The summed E-state index contributed by atoms with van der Waals surface area (Å²) in [6, 6.07) is 0.